The van der Waals surface area contributed by atoms with Gasteiger partial charge in [-0.25, -0.2) is 0 Å². The molecule has 0 aromatic heterocycles. The summed E-state index contributed by atoms with van der Waals surface area (Å²) in [5.74, 6) is -0.0294. The van der Waals surface area contributed by atoms with E-state index >= 15 is 0 Å². The third-order valence-corrected chi connectivity index (χ3v) is 7.52. The summed E-state index contributed by atoms with van der Waals surface area (Å²) in [6.45, 7) is 10.9. The molecule has 5 nitrogen and oxygen atoms in total. The van der Waals surface area contributed by atoms with Crippen molar-refractivity contribution in [1.82, 2.24) is 4.90 Å². The summed E-state index contributed by atoms with van der Waals surface area (Å²) in [5, 5.41) is 11.4. The van der Waals surface area contributed by atoms with Crippen LogP contribution in [0.3, 0.4) is 0 Å². The van der Waals surface area contributed by atoms with Gasteiger partial charge in [0.1, 0.15) is 6.10 Å². The fraction of sp³-hybridized carbons (Fsp3) is 0.857. The Morgan fingerprint density at radius 2 is 1.96 bits per heavy atom. The molecule has 4 aliphatic rings. The first kappa shape index (κ1) is 18.5. The molecule has 2 aliphatic carbocycles. The van der Waals surface area contributed by atoms with Crippen molar-refractivity contribution in [1.29, 1.82) is 0 Å². The molecule has 0 spiro atoms. The van der Waals surface area contributed by atoms with E-state index in [0.29, 0.717) is 12.5 Å². The minimum Gasteiger partial charge on any atom is -0.461 e. The SMILES string of the molecule is C[C@@H]1CN(C[C@H]2C(=O)O[C@@H]3CC4=CCC[C@H](C)[C@@]4(C)[C@@H](O)[C@@H]32)C[C@H](C)O1. The molecule has 2 saturated heterocycles. The topological polar surface area (TPSA) is 59.0 Å². The van der Waals surface area contributed by atoms with E-state index in [4.69, 9.17) is 9.47 Å². The Labute approximate surface area is 156 Å². The normalized spacial score (nSPS) is 49.2. The summed E-state index contributed by atoms with van der Waals surface area (Å²) in [6, 6.07) is 0. The van der Waals surface area contributed by atoms with Gasteiger partial charge in [0.05, 0.1) is 24.2 Å². The molecule has 8 atom stereocenters. The highest BCUT2D eigenvalue weighted by atomic mass is 16.6. The number of esters is 1. The van der Waals surface area contributed by atoms with Gasteiger partial charge in [-0.3, -0.25) is 9.69 Å². The van der Waals surface area contributed by atoms with E-state index in [0.717, 1.165) is 32.4 Å². The first-order chi connectivity index (χ1) is 12.3. The van der Waals surface area contributed by atoms with E-state index < -0.39 is 6.10 Å². The van der Waals surface area contributed by atoms with Crippen LogP contribution in [-0.2, 0) is 14.3 Å². The summed E-state index contributed by atoms with van der Waals surface area (Å²) < 4.78 is 11.6. The third-order valence-electron chi connectivity index (χ3n) is 7.52. The van der Waals surface area contributed by atoms with Crippen molar-refractivity contribution in [3.63, 3.8) is 0 Å². The van der Waals surface area contributed by atoms with Crippen LogP contribution in [0, 0.1) is 23.2 Å². The second-order valence-electron chi connectivity index (χ2n) is 9.27. The molecular formula is C21H33NO4. The first-order valence-corrected chi connectivity index (χ1v) is 10.3. The predicted octanol–water partition coefficient (Wildman–Crippen LogP) is 2.38. The van der Waals surface area contributed by atoms with E-state index in [1.165, 1.54) is 5.57 Å². The van der Waals surface area contributed by atoms with E-state index in [-0.39, 0.29) is 41.5 Å². The highest BCUT2D eigenvalue weighted by Gasteiger charge is 2.59. The molecule has 0 bridgehead atoms. The van der Waals surface area contributed by atoms with Crippen LogP contribution in [0.1, 0.15) is 47.0 Å². The minimum absolute atomic E-state index is 0.0985. The monoisotopic (exact) mass is 363 g/mol. The van der Waals surface area contributed by atoms with Crippen LogP contribution in [0.5, 0.6) is 0 Å². The molecule has 2 heterocycles. The number of nitrogens with zero attached hydrogens (tertiary/aromatic N) is 1. The van der Waals surface area contributed by atoms with Gasteiger partial charge in [0, 0.05) is 37.4 Å². The summed E-state index contributed by atoms with van der Waals surface area (Å²) in [6.07, 6.45) is 4.91. The van der Waals surface area contributed by atoms with Crippen LogP contribution in [-0.4, -0.2) is 60.0 Å². The quantitative estimate of drug-likeness (QED) is 0.603. The van der Waals surface area contributed by atoms with Crippen LogP contribution in [0.25, 0.3) is 0 Å². The van der Waals surface area contributed by atoms with Crippen LogP contribution in [0.4, 0.5) is 0 Å². The van der Waals surface area contributed by atoms with E-state index in [1.54, 1.807) is 0 Å². The average Bonchev–Trinajstić information content (AvgIpc) is 2.85. The number of rotatable bonds is 2. The zero-order chi connectivity index (χ0) is 18.6. The van der Waals surface area contributed by atoms with Gasteiger partial charge in [0.25, 0.3) is 0 Å². The lowest BCUT2D eigenvalue weighted by Crippen LogP contribution is -2.55. The van der Waals surface area contributed by atoms with Crippen molar-refractivity contribution >= 4 is 5.97 Å². The fourth-order valence-electron chi connectivity index (χ4n) is 5.99. The van der Waals surface area contributed by atoms with Gasteiger partial charge < -0.3 is 14.6 Å². The maximum atomic E-state index is 12.7. The molecule has 26 heavy (non-hydrogen) atoms. The second kappa shape index (κ2) is 6.61. The molecule has 0 amide bonds. The van der Waals surface area contributed by atoms with Crippen molar-refractivity contribution in [2.45, 2.75) is 71.4 Å². The Morgan fingerprint density at radius 1 is 1.27 bits per heavy atom. The number of morpholine rings is 1. The van der Waals surface area contributed by atoms with Gasteiger partial charge >= 0.3 is 5.97 Å². The number of hydrogen-bond donors (Lipinski definition) is 1. The molecular weight excluding hydrogens is 330 g/mol. The summed E-state index contributed by atoms with van der Waals surface area (Å²) in [5.41, 5.74) is 1.07. The molecule has 0 unspecified atom stereocenters. The van der Waals surface area contributed by atoms with Gasteiger partial charge in [-0.05, 0) is 32.6 Å². The number of allylic oxidation sites excluding steroid dienone is 1. The molecule has 146 valence electrons. The van der Waals surface area contributed by atoms with E-state index in [2.05, 4.69) is 38.7 Å². The predicted molar refractivity (Wildman–Crippen MR) is 98.5 cm³/mol. The smallest absolute Gasteiger partial charge is 0.311 e. The Kier molecular flexibility index (Phi) is 4.69. The highest BCUT2D eigenvalue weighted by molar-refractivity contribution is 5.76. The molecule has 3 fully saturated rings. The Hall–Kier alpha value is -0.910. The van der Waals surface area contributed by atoms with Crippen LogP contribution >= 0.6 is 0 Å². The lowest BCUT2D eigenvalue weighted by Gasteiger charge is -2.52. The van der Waals surface area contributed by atoms with Crippen molar-refractivity contribution in [2.75, 3.05) is 19.6 Å². The van der Waals surface area contributed by atoms with Crippen LogP contribution < -0.4 is 0 Å². The molecule has 5 heteroatoms. The maximum Gasteiger partial charge on any atom is 0.311 e. The van der Waals surface area contributed by atoms with Gasteiger partial charge in [-0.15, -0.1) is 0 Å². The van der Waals surface area contributed by atoms with E-state index in [9.17, 15) is 9.90 Å². The number of fused-ring (bicyclic) bond motifs is 2. The van der Waals surface area contributed by atoms with Gasteiger partial charge in [-0.1, -0.05) is 25.5 Å². The highest BCUT2D eigenvalue weighted by Crippen LogP contribution is 2.56. The van der Waals surface area contributed by atoms with Gasteiger partial charge in [0.2, 0.25) is 0 Å². The van der Waals surface area contributed by atoms with Gasteiger partial charge in [0.15, 0.2) is 0 Å². The Balaban J connectivity index is 1.57. The van der Waals surface area contributed by atoms with Gasteiger partial charge in [-0.2, -0.15) is 0 Å². The molecule has 0 aromatic carbocycles. The zero-order valence-corrected chi connectivity index (χ0v) is 16.5. The average molecular weight is 363 g/mol. The fourth-order valence-corrected chi connectivity index (χ4v) is 5.99. The number of aliphatic hydroxyl groups excluding tert-OH is 1. The number of ether oxygens (including phenoxy) is 2. The van der Waals surface area contributed by atoms with Crippen molar-refractivity contribution in [3.05, 3.63) is 11.6 Å². The zero-order valence-electron chi connectivity index (χ0n) is 16.5. The standard InChI is InChI=1S/C21H33NO4/c1-12-6-5-7-15-8-17-18(19(23)21(12,15)4)16(20(24)26-17)11-22-9-13(2)25-14(3)10-22/h7,12-14,16-19,23H,5-6,8-11H2,1-4H3/t12-,13-,14+,16+,17+,18+,19-,21+/m0/s1. The molecule has 2 aliphatic heterocycles. The van der Waals surface area contributed by atoms with Crippen LogP contribution in [0.15, 0.2) is 11.6 Å². The Morgan fingerprint density at radius 3 is 2.65 bits per heavy atom. The third kappa shape index (κ3) is 2.83. The number of carbonyl (C=O) groups excluding carboxylic acids is 1. The molecule has 4 rings (SSSR count). The summed E-state index contributed by atoms with van der Waals surface area (Å²) in [4.78, 5) is 15.0. The van der Waals surface area contributed by atoms with Crippen molar-refractivity contribution < 1.29 is 19.4 Å². The summed E-state index contributed by atoms with van der Waals surface area (Å²) >= 11 is 0. The lowest BCUT2D eigenvalue weighted by atomic mass is 9.55. The number of carbonyl (C=O) groups is 1. The maximum absolute atomic E-state index is 12.7. The number of hydrogen-bond acceptors (Lipinski definition) is 5. The molecule has 1 saturated carbocycles. The number of aliphatic hydroxyl groups is 1. The Bertz CT molecular complexity index is 595. The summed E-state index contributed by atoms with van der Waals surface area (Å²) in [7, 11) is 0. The molecule has 0 radical (unpaired) electrons. The second-order valence-corrected chi connectivity index (χ2v) is 9.27. The largest absolute Gasteiger partial charge is 0.461 e. The first-order valence-electron chi connectivity index (χ1n) is 10.3. The van der Waals surface area contributed by atoms with Crippen LogP contribution in [0.2, 0.25) is 0 Å². The van der Waals surface area contributed by atoms with E-state index in [1.807, 2.05) is 0 Å². The molecule has 0 aromatic rings. The van der Waals surface area contributed by atoms with Crippen molar-refractivity contribution in [3.8, 4) is 0 Å². The molecule has 1 N–H and O–H groups in total. The minimum atomic E-state index is -0.518. The van der Waals surface area contributed by atoms with Crippen molar-refractivity contribution in [2.24, 2.45) is 23.2 Å². The lowest BCUT2D eigenvalue weighted by molar-refractivity contribution is -0.145.